The van der Waals surface area contributed by atoms with Crippen molar-refractivity contribution in [3.63, 3.8) is 0 Å². The summed E-state index contributed by atoms with van der Waals surface area (Å²) < 4.78 is 0. The van der Waals surface area contributed by atoms with E-state index in [0.29, 0.717) is 0 Å². The molecule has 1 nitrogen and oxygen atoms in total. The van der Waals surface area contributed by atoms with Crippen LogP contribution in [0.1, 0.15) is 45.4 Å². The highest BCUT2D eigenvalue weighted by Gasteiger charge is 1.81. The van der Waals surface area contributed by atoms with Crippen LogP contribution in [0.25, 0.3) is 0 Å². The topological polar surface area (TPSA) is 26.0 Å². The van der Waals surface area contributed by atoms with Gasteiger partial charge >= 0.3 is 0 Å². The van der Waals surface area contributed by atoms with Crippen molar-refractivity contribution in [3.05, 3.63) is 12.2 Å². The van der Waals surface area contributed by atoms with Gasteiger partial charge in [0, 0.05) is 0 Å². The smallest absolute Gasteiger partial charge is 0.00743 e. The van der Waals surface area contributed by atoms with E-state index in [1.807, 2.05) is 0 Å². The van der Waals surface area contributed by atoms with Gasteiger partial charge in [0.25, 0.3) is 0 Å². The first-order valence-corrected chi connectivity index (χ1v) is 4.77. The summed E-state index contributed by atoms with van der Waals surface area (Å²) in [5.74, 6) is 0. The van der Waals surface area contributed by atoms with E-state index >= 15 is 0 Å². The van der Waals surface area contributed by atoms with Crippen LogP contribution in [-0.4, -0.2) is 6.54 Å². The Bertz CT molecular complexity index is 86.9. The van der Waals surface area contributed by atoms with Gasteiger partial charge in [-0.05, 0) is 32.2 Å². The lowest BCUT2D eigenvalue weighted by molar-refractivity contribution is 0.727. The molecular formula is C10H21N. The van der Waals surface area contributed by atoms with E-state index in [-0.39, 0.29) is 0 Å². The average molecular weight is 155 g/mol. The van der Waals surface area contributed by atoms with E-state index in [9.17, 15) is 0 Å². The minimum Gasteiger partial charge on any atom is -0.330 e. The van der Waals surface area contributed by atoms with Gasteiger partial charge in [-0.2, -0.15) is 0 Å². The molecule has 1 heteroatoms. The zero-order valence-corrected chi connectivity index (χ0v) is 7.68. The van der Waals surface area contributed by atoms with Crippen LogP contribution in [0.5, 0.6) is 0 Å². The van der Waals surface area contributed by atoms with Crippen LogP contribution in [0.2, 0.25) is 0 Å². The number of hydrogen-bond acceptors (Lipinski definition) is 1. The molecule has 0 rings (SSSR count). The average Bonchev–Trinajstić information content (AvgIpc) is 2.03. The Kier molecular flexibility index (Phi) is 9.44. The first-order valence-electron chi connectivity index (χ1n) is 4.77. The van der Waals surface area contributed by atoms with Gasteiger partial charge in [0.15, 0.2) is 0 Å². The largest absolute Gasteiger partial charge is 0.330 e. The van der Waals surface area contributed by atoms with Crippen LogP contribution in [0.4, 0.5) is 0 Å². The highest BCUT2D eigenvalue weighted by molar-refractivity contribution is 4.81. The number of unbranched alkanes of at least 4 members (excludes halogenated alkanes) is 4. The summed E-state index contributed by atoms with van der Waals surface area (Å²) in [4.78, 5) is 0. The van der Waals surface area contributed by atoms with Gasteiger partial charge in [0.05, 0.1) is 0 Å². The Balaban J connectivity index is 2.91. The van der Waals surface area contributed by atoms with E-state index < -0.39 is 0 Å². The van der Waals surface area contributed by atoms with Crippen molar-refractivity contribution >= 4 is 0 Å². The van der Waals surface area contributed by atoms with Crippen molar-refractivity contribution in [1.29, 1.82) is 0 Å². The summed E-state index contributed by atoms with van der Waals surface area (Å²) >= 11 is 0. The molecule has 0 saturated heterocycles. The van der Waals surface area contributed by atoms with Crippen molar-refractivity contribution in [2.45, 2.75) is 45.4 Å². The lowest BCUT2D eigenvalue weighted by Crippen LogP contribution is -1.96. The molecule has 2 N–H and O–H groups in total. The normalized spacial score (nSPS) is 11.1. The first-order chi connectivity index (χ1) is 5.41. The summed E-state index contributed by atoms with van der Waals surface area (Å²) in [6, 6.07) is 0. The van der Waals surface area contributed by atoms with Crippen LogP contribution in [0, 0.1) is 0 Å². The molecule has 66 valence electrons. The summed E-state index contributed by atoms with van der Waals surface area (Å²) in [6.07, 6.45) is 12.1. The standard InChI is InChI=1S/C10H21N/c1-2-3-4-5-6-7-8-9-10-11/h6-7H,2-5,8-11H2,1H3. The predicted molar refractivity (Wildman–Crippen MR) is 51.6 cm³/mol. The van der Waals surface area contributed by atoms with Gasteiger partial charge in [-0.1, -0.05) is 31.9 Å². The maximum Gasteiger partial charge on any atom is -0.00743 e. The van der Waals surface area contributed by atoms with E-state index in [0.717, 1.165) is 19.4 Å². The van der Waals surface area contributed by atoms with Crippen LogP contribution >= 0.6 is 0 Å². The second-order valence-electron chi connectivity index (χ2n) is 2.90. The molecule has 0 aliphatic heterocycles. The van der Waals surface area contributed by atoms with E-state index in [4.69, 9.17) is 5.73 Å². The second kappa shape index (κ2) is 9.70. The van der Waals surface area contributed by atoms with Crippen LogP contribution in [0.15, 0.2) is 12.2 Å². The molecular weight excluding hydrogens is 134 g/mol. The fraction of sp³-hybridized carbons (Fsp3) is 0.800. The minimum absolute atomic E-state index is 0.819. The lowest BCUT2D eigenvalue weighted by Gasteiger charge is -1.91. The van der Waals surface area contributed by atoms with Crippen molar-refractivity contribution in [1.82, 2.24) is 0 Å². The summed E-state index contributed by atoms with van der Waals surface area (Å²) in [6.45, 7) is 3.05. The summed E-state index contributed by atoms with van der Waals surface area (Å²) in [7, 11) is 0. The third-order valence-electron chi connectivity index (χ3n) is 1.72. The molecule has 0 aliphatic rings. The van der Waals surface area contributed by atoms with Crippen molar-refractivity contribution in [2.75, 3.05) is 6.54 Å². The lowest BCUT2D eigenvalue weighted by atomic mass is 10.2. The van der Waals surface area contributed by atoms with Crippen molar-refractivity contribution in [3.8, 4) is 0 Å². The molecule has 11 heavy (non-hydrogen) atoms. The van der Waals surface area contributed by atoms with Crippen molar-refractivity contribution in [2.24, 2.45) is 5.73 Å². The molecule has 0 aromatic rings. The molecule has 0 spiro atoms. The van der Waals surface area contributed by atoms with E-state index in [2.05, 4.69) is 19.1 Å². The SMILES string of the molecule is CCCCCC=CCCCN. The predicted octanol–water partition coefficient (Wildman–Crippen LogP) is 2.86. The fourth-order valence-corrected chi connectivity index (χ4v) is 0.984. The highest BCUT2D eigenvalue weighted by atomic mass is 14.5. The van der Waals surface area contributed by atoms with Crippen LogP contribution in [0.3, 0.4) is 0 Å². The van der Waals surface area contributed by atoms with Crippen LogP contribution in [-0.2, 0) is 0 Å². The zero-order valence-electron chi connectivity index (χ0n) is 7.68. The van der Waals surface area contributed by atoms with Gasteiger partial charge in [0.1, 0.15) is 0 Å². The Morgan fingerprint density at radius 1 is 1.00 bits per heavy atom. The quantitative estimate of drug-likeness (QED) is 0.444. The van der Waals surface area contributed by atoms with Gasteiger partial charge in [-0.25, -0.2) is 0 Å². The molecule has 0 atom stereocenters. The second-order valence-corrected chi connectivity index (χ2v) is 2.90. The van der Waals surface area contributed by atoms with Gasteiger partial charge in [-0.15, -0.1) is 0 Å². The van der Waals surface area contributed by atoms with E-state index in [1.54, 1.807) is 0 Å². The number of allylic oxidation sites excluding steroid dienone is 2. The highest BCUT2D eigenvalue weighted by Crippen LogP contribution is 2.00. The molecule has 0 unspecified atom stereocenters. The summed E-state index contributed by atoms with van der Waals surface area (Å²) in [5.41, 5.74) is 5.36. The molecule has 0 bridgehead atoms. The maximum absolute atomic E-state index is 5.36. The molecule has 0 aliphatic carbocycles. The molecule has 0 radical (unpaired) electrons. The number of rotatable bonds is 7. The van der Waals surface area contributed by atoms with Crippen molar-refractivity contribution < 1.29 is 0 Å². The Hall–Kier alpha value is -0.300. The molecule has 0 heterocycles. The fourth-order valence-electron chi connectivity index (χ4n) is 0.984. The number of hydrogen-bond donors (Lipinski definition) is 1. The Morgan fingerprint density at radius 3 is 2.18 bits per heavy atom. The molecule has 0 amide bonds. The van der Waals surface area contributed by atoms with E-state index in [1.165, 1.54) is 25.7 Å². The molecule has 0 aromatic carbocycles. The zero-order chi connectivity index (χ0) is 8.36. The summed E-state index contributed by atoms with van der Waals surface area (Å²) in [5, 5.41) is 0. The Morgan fingerprint density at radius 2 is 1.64 bits per heavy atom. The first kappa shape index (κ1) is 10.7. The van der Waals surface area contributed by atoms with Gasteiger partial charge in [0.2, 0.25) is 0 Å². The molecule has 0 aromatic heterocycles. The van der Waals surface area contributed by atoms with Gasteiger partial charge in [-0.3, -0.25) is 0 Å². The molecule has 0 fully saturated rings. The maximum atomic E-state index is 5.36. The monoisotopic (exact) mass is 155 g/mol. The number of nitrogens with two attached hydrogens (primary N) is 1. The minimum atomic E-state index is 0.819. The van der Waals surface area contributed by atoms with Gasteiger partial charge < -0.3 is 5.73 Å². The Labute approximate surface area is 70.7 Å². The third-order valence-corrected chi connectivity index (χ3v) is 1.72. The molecule has 0 saturated carbocycles. The van der Waals surface area contributed by atoms with Crippen LogP contribution < -0.4 is 5.73 Å². The third kappa shape index (κ3) is 9.70.